The molecule has 0 aromatic rings. The molecular weight excluding hydrogens is 168 g/mol. The van der Waals surface area contributed by atoms with E-state index in [9.17, 15) is 9.90 Å². The van der Waals surface area contributed by atoms with Crippen LogP contribution in [0.3, 0.4) is 0 Å². The Balaban J connectivity index is 3.05. The van der Waals surface area contributed by atoms with E-state index in [1.54, 1.807) is 0 Å². The zero-order valence-electron chi connectivity index (χ0n) is 8.72. The van der Waals surface area contributed by atoms with Crippen molar-refractivity contribution in [3.05, 3.63) is 0 Å². The predicted octanol–water partition coefficient (Wildman–Crippen LogP) is 1.51. The van der Waals surface area contributed by atoms with Crippen LogP contribution in [0.15, 0.2) is 0 Å². The Morgan fingerprint density at radius 1 is 1.15 bits per heavy atom. The normalized spacial score (nSPS) is 26.8. The fraction of sp³-hybridized carbons (Fsp3) is 0.900. The molecule has 76 valence electrons. The average Bonchev–Trinajstić information content (AvgIpc) is 2.29. The zero-order chi connectivity index (χ0) is 10.5. The molecule has 2 N–H and O–H groups in total. The molecule has 0 amide bonds. The van der Waals surface area contributed by atoms with Gasteiger partial charge in [0, 0.05) is 6.61 Å². The van der Waals surface area contributed by atoms with Gasteiger partial charge in [0.15, 0.2) is 0 Å². The summed E-state index contributed by atoms with van der Waals surface area (Å²) < 4.78 is 0. The highest BCUT2D eigenvalue weighted by atomic mass is 16.4. The van der Waals surface area contributed by atoms with Crippen LogP contribution in [-0.4, -0.2) is 22.8 Å². The van der Waals surface area contributed by atoms with Gasteiger partial charge in [0.25, 0.3) is 0 Å². The number of rotatable bonds is 3. The smallest absolute Gasteiger partial charge is 0.310 e. The summed E-state index contributed by atoms with van der Waals surface area (Å²) in [6.45, 7) is 7.76. The quantitative estimate of drug-likeness (QED) is 0.702. The summed E-state index contributed by atoms with van der Waals surface area (Å²) in [5.41, 5.74) is -1.20. The molecule has 1 rings (SSSR count). The fourth-order valence-electron chi connectivity index (χ4n) is 2.86. The Morgan fingerprint density at radius 3 is 1.62 bits per heavy atom. The van der Waals surface area contributed by atoms with Gasteiger partial charge in [-0.15, -0.1) is 0 Å². The lowest BCUT2D eigenvalue weighted by molar-refractivity contribution is -0.146. The highest BCUT2D eigenvalue weighted by Gasteiger charge is 2.80. The minimum absolute atomic E-state index is 0.0564. The summed E-state index contributed by atoms with van der Waals surface area (Å²) in [6, 6.07) is 0. The number of carboxylic acid groups (broad SMARTS) is 1. The first-order chi connectivity index (χ1) is 5.75. The highest BCUT2D eigenvalue weighted by Crippen LogP contribution is 2.79. The maximum absolute atomic E-state index is 11.2. The van der Waals surface area contributed by atoms with Gasteiger partial charge in [-0.3, -0.25) is 4.79 Å². The standard InChI is InChI=1S/C10H18O3/c1-8(2)9(3,4)10(8,5-6-11)7(12)13/h11H,5-6H2,1-4H3,(H,12,13). The van der Waals surface area contributed by atoms with E-state index in [0.717, 1.165) is 0 Å². The second-order valence-electron chi connectivity index (χ2n) is 4.93. The molecule has 0 spiro atoms. The van der Waals surface area contributed by atoms with E-state index in [-0.39, 0.29) is 17.4 Å². The maximum Gasteiger partial charge on any atom is 0.310 e. The fourth-order valence-corrected chi connectivity index (χ4v) is 2.86. The lowest BCUT2D eigenvalue weighted by Crippen LogP contribution is -2.24. The molecule has 0 radical (unpaired) electrons. The van der Waals surface area contributed by atoms with Gasteiger partial charge in [-0.2, -0.15) is 0 Å². The molecule has 0 aliphatic heterocycles. The molecule has 1 aliphatic rings. The maximum atomic E-state index is 11.2. The van der Waals surface area contributed by atoms with Gasteiger partial charge >= 0.3 is 5.97 Å². The number of carbonyl (C=O) groups is 1. The molecule has 13 heavy (non-hydrogen) atoms. The van der Waals surface area contributed by atoms with Gasteiger partial charge in [-0.05, 0) is 17.3 Å². The van der Waals surface area contributed by atoms with Gasteiger partial charge in [0.05, 0.1) is 5.41 Å². The molecule has 0 atom stereocenters. The molecule has 1 fully saturated rings. The minimum Gasteiger partial charge on any atom is -0.481 e. The van der Waals surface area contributed by atoms with E-state index in [0.29, 0.717) is 6.42 Å². The van der Waals surface area contributed by atoms with Crippen molar-refractivity contribution in [2.24, 2.45) is 16.2 Å². The molecule has 3 nitrogen and oxygen atoms in total. The topological polar surface area (TPSA) is 57.5 Å². The number of hydrogen-bond acceptors (Lipinski definition) is 2. The number of aliphatic hydroxyl groups excluding tert-OH is 1. The SMILES string of the molecule is CC1(C)C(C)(C)C1(CCO)C(=O)O. The van der Waals surface area contributed by atoms with Crippen molar-refractivity contribution in [2.75, 3.05) is 6.61 Å². The van der Waals surface area contributed by atoms with Gasteiger partial charge in [-0.25, -0.2) is 0 Å². The Labute approximate surface area is 78.8 Å². The molecule has 0 saturated heterocycles. The van der Waals surface area contributed by atoms with Crippen LogP contribution >= 0.6 is 0 Å². The second kappa shape index (κ2) is 2.47. The first-order valence-electron chi connectivity index (χ1n) is 4.60. The van der Waals surface area contributed by atoms with E-state index in [4.69, 9.17) is 5.11 Å². The Bertz CT molecular complexity index is 227. The average molecular weight is 186 g/mol. The summed E-state index contributed by atoms with van der Waals surface area (Å²) in [6.07, 6.45) is 0.350. The van der Waals surface area contributed by atoms with Crippen molar-refractivity contribution >= 4 is 5.97 Å². The van der Waals surface area contributed by atoms with Crippen LogP contribution in [0.1, 0.15) is 34.1 Å². The van der Waals surface area contributed by atoms with Crippen LogP contribution in [0.25, 0.3) is 0 Å². The minimum atomic E-state index is -0.781. The molecule has 3 heteroatoms. The largest absolute Gasteiger partial charge is 0.481 e. The third-order valence-electron chi connectivity index (χ3n) is 4.49. The summed E-state index contributed by atoms with van der Waals surface area (Å²) in [5, 5.41) is 18.1. The van der Waals surface area contributed by atoms with E-state index < -0.39 is 11.4 Å². The molecule has 0 aromatic carbocycles. The van der Waals surface area contributed by atoms with Gasteiger partial charge in [-0.1, -0.05) is 27.7 Å². The second-order valence-corrected chi connectivity index (χ2v) is 4.93. The van der Waals surface area contributed by atoms with Crippen molar-refractivity contribution in [3.8, 4) is 0 Å². The van der Waals surface area contributed by atoms with E-state index in [1.165, 1.54) is 0 Å². The molecule has 0 unspecified atom stereocenters. The summed E-state index contributed by atoms with van der Waals surface area (Å²) in [7, 11) is 0. The Morgan fingerprint density at radius 2 is 1.54 bits per heavy atom. The monoisotopic (exact) mass is 186 g/mol. The van der Waals surface area contributed by atoms with Crippen LogP contribution in [0.2, 0.25) is 0 Å². The van der Waals surface area contributed by atoms with Crippen molar-refractivity contribution in [1.82, 2.24) is 0 Å². The highest BCUT2D eigenvalue weighted by molar-refractivity contribution is 5.82. The molecule has 0 bridgehead atoms. The summed E-state index contributed by atoms with van der Waals surface area (Å²) in [5.74, 6) is -0.781. The van der Waals surface area contributed by atoms with E-state index in [1.807, 2.05) is 27.7 Å². The Kier molecular flexibility index (Phi) is 2.00. The molecule has 0 heterocycles. The first kappa shape index (κ1) is 10.5. The number of aliphatic hydroxyl groups is 1. The van der Waals surface area contributed by atoms with Crippen LogP contribution in [0.4, 0.5) is 0 Å². The van der Waals surface area contributed by atoms with Gasteiger partial charge in [0.2, 0.25) is 0 Å². The molecule has 0 aromatic heterocycles. The predicted molar refractivity (Wildman–Crippen MR) is 49.3 cm³/mol. The molecule has 1 aliphatic carbocycles. The van der Waals surface area contributed by atoms with Crippen molar-refractivity contribution < 1.29 is 15.0 Å². The zero-order valence-corrected chi connectivity index (χ0v) is 8.72. The number of aliphatic carboxylic acids is 1. The van der Waals surface area contributed by atoms with Crippen molar-refractivity contribution in [2.45, 2.75) is 34.1 Å². The third kappa shape index (κ3) is 0.857. The lowest BCUT2D eigenvalue weighted by atomic mass is 9.91. The molecule has 1 saturated carbocycles. The van der Waals surface area contributed by atoms with Gasteiger partial charge in [0.1, 0.15) is 0 Å². The van der Waals surface area contributed by atoms with Gasteiger partial charge < -0.3 is 10.2 Å². The first-order valence-corrected chi connectivity index (χ1v) is 4.60. The van der Waals surface area contributed by atoms with Crippen LogP contribution < -0.4 is 0 Å². The van der Waals surface area contributed by atoms with Crippen LogP contribution in [-0.2, 0) is 4.79 Å². The number of hydrogen-bond donors (Lipinski definition) is 2. The third-order valence-corrected chi connectivity index (χ3v) is 4.49. The lowest BCUT2D eigenvalue weighted by Gasteiger charge is -2.14. The number of carboxylic acids is 1. The Hall–Kier alpha value is -0.570. The van der Waals surface area contributed by atoms with Crippen LogP contribution in [0, 0.1) is 16.2 Å². The summed E-state index contributed by atoms with van der Waals surface area (Å²) >= 11 is 0. The van der Waals surface area contributed by atoms with Crippen molar-refractivity contribution in [1.29, 1.82) is 0 Å². The van der Waals surface area contributed by atoms with Crippen LogP contribution in [0.5, 0.6) is 0 Å². The van der Waals surface area contributed by atoms with E-state index in [2.05, 4.69) is 0 Å². The van der Waals surface area contributed by atoms with E-state index >= 15 is 0 Å². The van der Waals surface area contributed by atoms with Crippen molar-refractivity contribution in [3.63, 3.8) is 0 Å². The summed E-state index contributed by atoms with van der Waals surface area (Å²) in [4.78, 5) is 11.2. The molecular formula is C10H18O3.